The van der Waals surface area contributed by atoms with Crippen LogP contribution in [-0.2, 0) is 9.22 Å². The number of hydrogen-bond donors (Lipinski definition) is 1. The van der Waals surface area contributed by atoms with Gasteiger partial charge in [0.05, 0.1) is 6.61 Å². The standard InChI is InChI=1S/C16H28O3Si/c1-7-10-16(18)11-8-14(17)13(16)9-12-19-20(5,6)15(2,3)4/h8-9,11,18H,7,10,12H2,1-6H3/b13-9+/t16-/m0/s1. The summed E-state index contributed by atoms with van der Waals surface area (Å²) in [7, 11) is -1.82. The van der Waals surface area contributed by atoms with Gasteiger partial charge in [-0.3, -0.25) is 4.79 Å². The highest BCUT2D eigenvalue weighted by Crippen LogP contribution is 2.37. The van der Waals surface area contributed by atoms with E-state index < -0.39 is 13.9 Å². The Bertz CT molecular complexity index is 429. The first-order valence-corrected chi connectivity index (χ1v) is 10.2. The third-order valence-electron chi connectivity index (χ3n) is 4.41. The number of carbonyl (C=O) groups excluding carboxylic acids is 1. The molecule has 0 aromatic rings. The molecule has 4 heteroatoms. The molecule has 1 aliphatic rings. The van der Waals surface area contributed by atoms with Crippen LogP contribution in [-0.4, -0.2) is 31.4 Å². The van der Waals surface area contributed by atoms with Crippen LogP contribution in [0.25, 0.3) is 0 Å². The van der Waals surface area contributed by atoms with Gasteiger partial charge < -0.3 is 9.53 Å². The average molecular weight is 296 g/mol. The molecule has 0 saturated carbocycles. The van der Waals surface area contributed by atoms with Crippen molar-refractivity contribution in [1.82, 2.24) is 0 Å². The largest absolute Gasteiger partial charge is 0.413 e. The topological polar surface area (TPSA) is 46.5 Å². The van der Waals surface area contributed by atoms with Crippen molar-refractivity contribution in [2.75, 3.05) is 6.61 Å². The third-order valence-corrected chi connectivity index (χ3v) is 8.91. The van der Waals surface area contributed by atoms with Gasteiger partial charge in [-0.15, -0.1) is 0 Å². The van der Waals surface area contributed by atoms with E-state index in [9.17, 15) is 9.90 Å². The van der Waals surface area contributed by atoms with Crippen LogP contribution in [0.2, 0.25) is 18.1 Å². The van der Waals surface area contributed by atoms with Gasteiger partial charge in [0.2, 0.25) is 0 Å². The maximum absolute atomic E-state index is 11.9. The second kappa shape index (κ2) is 5.96. The van der Waals surface area contributed by atoms with Gasteiger partial charge in [-0.05, 0) is 42.8 Å². The fourth-order valence-corrected chi connectivity index (χ4v) is 2.97. The Morgan fingerprint density at radius 1 is 1.40 bits per heavy atom. The van der Waals surface area contributed by atoms with E-state index in [2.05, 4.69) is 33.9 Å². The van der Waals surface area contributed by atoms with Crippen LogP contribution in [0.3, 0.4) is 0 Å². The van der Waals surface area contributed by atoms with E-state index in [1.54, 1.807) is 12.2 Å². The number of hydrogen-bond acceptors (Lipinski definition) is 3. The fraction of sp³-hybridized carbons (Fsp3) is 0.688. The predicted molar refractivity (Wildman–Crippen MR) is 85.2 cm³/mol. The Morgan fingerprint density at radius 2 is 2.00 bits per heavy atom. The normalized spacial score (nSPS) is 25.8. The van der Waals surface area contributed by atoms with Gasteiger partial charge in [-0.2, -0.15) is 0 Å². The molecule has 0 heterocycles. The molecule has 0 amide bonds. The molecule has 0 unspecified atom stereocenters. The van der Waals surface area contributed by atoms with Crippen molar-refractivity contribution in [1.29, 1.82) is 0 Å². The molecule has 0 radical (unpaired) electrons. The molecular formula is C16H28O3Si. The second-order valence-electron chi connectivity index (χ2n) is 7.06. The van der Waals surface area contributed by atoms with Crippen molar-refractivity contribution < 1.29 is 14.3 Å². The van der Waals surface area contributed by atoms with Gasteiger partial charge in [0, 0.05) is 5.57 Å². The quantitative estimate of drug-likeness (QED) is 0.623. The molecular weight excluding hydrogens is 268 g/mol. The van der Waals surface area contributed by atoms with E-state index >= 15 is 0 Å². The molecule has 0 bridgehead atoms. The van der Waals surface area contributed by atoms with E-state index in [-0.39, 0.29) is 10.8 Å². The molecule has 1 aliphatic carbocycles. The van der Waals surface area contributed by atoms with Crippen LogP contribution >= 0.6 is 0 Å². The third kappa shape index (κ3) is 3.68. The Kier molecular flexibility index (Phi) is 5.16. The Balaban J connectivity index is 2.78. The zero-order valence-electron chi connectivity index (χ0n) is 13.6. The summed E-state index contributed by atoms with van der Waals surface area (Å²) in [6.45, 7) is 13.3. The Morgan fingerprint density at radius 3 is 2.50 bits per heavy atom. The first-order valence-electron chi connectivity index (χ1n) is 7.34. The van der Waals surface area contributed by atoms with E-state index in [1.165, 1.54) is 6.08 Å². The summed E-state index contributed by atoms with van der Waals surface area (Å²) in [6.07, 6.45) is 6.24. The van der Waals surface area contributed by atoms with Crippen LogP contribution in [0.5, 0.6) is 0 Å². The van der Waals surface area contributed by atoms with Crippen LogP contribution in [0, 0.1) is 0 Å². The highest BCUT2D eigenvalue weighted by molar-refractivity contribution is 6.74. The van der Waals surface area contributed by atoms with Crippen molar-refractivity contribution in [3.05, 3.63) is 23.8 Å². The van der Waals surface area contributed by atoms with Crippen LogP contribution in [0.15, 0.2) is 23.8 Å². The van der Waals surface area contributed by atoms with Crippen LogP contribution in [0.1, 0.15) is 40.5 Å². The molecule has 1 atom stereocenters. The lowest BCUT2D eigenvalue weighted by Gasteiger charge is -2.36. The number of allylic oxidation sites excluding steroid dienone is 1. The number of carbonyl (C=O) groups is 1. The minimum atomic E-state index is -1.82. The van der Waals surface area contributed by atoms with E-state index in [0.29, 0.717) is 18.6 Å². The number of rotatable bonds is 5. The van der Waals surface area contributed by atoms with Crippen LogP contribution in [0.4, 0.5) is 0 Å². The molecule has 1 rings (SSSR count). The molecule has 20 heavy (non-hydrogen) atoms. The van der Waals surface area contributed by atoms with Crippen molar-refractivity contribution >= 4 is 14.1 Å². The van der Waals surface area contributed by atoms with Gasteiger partial charge >= 0.3 is 0 Å². The van der Waals surface area contributed by atoms with Gasteiger partial charge in [0.15, 0.2) is 14.1 Å². The molecule has 0 fully saturated rings. The summed E-state index contributed by atoms with van der Waals surface area (Å²) in [6, 6.07) is 0. The molecule has 0 saturated heterocycles. The number of ketones is 1. The van der Waals surface area contributed by atoms with Gasteiger partial charge in [-0.25, -0.2) is 0 Å². The van der Waals surface area contributed by atoms with Crippen molar-refractivity contribution in [2.45, 2.75) is 64.3 Å². The second-order valence-corrected chi connectivity index (χ2v) is 11.9. The van der Waals surface area contributed by atoms with Gasteiger partial charge in [0.25, 0.3) is 0 Å². The summed E-state index contributed by atoms with van der Waals surface area (Å²) in [5, 5.41) is 10.6. The number of aliphatic hydroxyl groups is 1. The zero-order valence-corrected chi connectivity index (χ0v) is 14.6. The lowest BCUT2D eigenvalue weighted by atomic mass is 9.91. The van der Waals surface area contributed by atoms with Crippen molar-refractivity contribution in [2.24, 2.45) is 0 Å². The lowest BCUT2D eigenvalue weighted by molar-refractivity contribution is -0.112. The molecule has 0 aromatic carbocycles. The zero-order chi connectivity index (χ0) is 15.6. The molecule has 114 valence electrons. The van der Waals surface area contributed by atoms with Crippen LogP contribution < -0.4 is 0 Å². The predicted octanol–water partition coefficient (Wildman–Crippen LogP) is 3.60. The molecule has 1 N–H and O–H groups in total. The summed E-state index contributed by atoms with van der Waals surface area (Å²) in [5.41, 5.74) is -0.624. The highest BCUT2D eigenvalue weighted by Gasteiger charge is 2.38. The molecule has 0 spiro atoms. The Hall–Kier alpha value is -0.713. The smallest absolute Gasteiger partial charge is 0.192 e. The summed E-state index contributed by atoms with van der Waals surface area (Å²) in [4.78, 5) is 11.9. The monoisotopic (exact) mass is 296 g/mol. The van der Waals surface area contributed by atoms with E-state index in [1.807, 2.05) is 6.92 Å². The SMILES string of the molecule is CCC[C@]1(O)C=CC(=O)/C1=C\CO[Si](C)(C)C(C)(C)C. The van der Waals surface area contributed by atoms with Crippen molar-refractivity contribution in [3.63, 3.8) is 0 Å². The summed E-state index contributed by atoms with van der Waals surface area (Å²) >= 11 is 0. The first-order chi connectivity index (χ1) is 9.03. The van der Waals surface area contributed by atoms with Gasteiger partial charge in [0.1, 0.15) is 5.60 Å². The van der Waals surface area contributed by atoms with E-state index in [4.69, 9.17) is 4.43 Å². The first kappa shape index (κ1) is 17.3. The summed E-state index contributed by atoms with van der Waals surface area (Å²) in [5.74, 6) is -0.0974. The Labute approximate surface area is 123 Å². The maximum atomic E-state index is 11.9. The average Bonchev–Trinajstić information content (AvgIpc) is 2.56. The molecule has 0 aliphatic heterocycles. The minimum Gasteiger partial charge on any atom is -0.413 e. The summed E-state index contributed by atoms with van der Waals surface area (Å²) < 4.78 is 6.05. The fourth-order valence-electron chi connectivity index (χ4n) is 2.03. The van der Waals surface area contributed by atoms with Gasteiger partial charge in [-0.1, -0.05) is 34.1 Å². The lowest BCUT2D eigenvalue weighted by Crippen LogP contribution is -2.41. The minimum absolute atomic E-state index is 0.0974. The molecule has 3 nitrogen and oxygen atoms in total. The van der Waals surface area contributed by atoms with Crippen molar-refractivity contribution in [3.8, 4) is 0 Å². The highest BCUT2D eigenvalue weighted by atomic mass is 28.4. The van der Waals surface area contributed by atoms with E-state index in [0.717, 1.165) is 6.42 Å². The molecule has 0 aromatic heterocycles. The maximum Gasteiger partial charge on any atom is 0.192 e.